The molecular formula is C27H34N8O3. The fourth-order valence-electron chi connectivity index (χ4n) is 5.03. The van der Waals surface area contributed by atoms with E-state index in [9.17, 15) is 9.90 Å². The molecule has 0 bridgehead atoms. The van der Waals surface area contributed by atoms with Crippen molar-refractivity contribution in [2.75, 3.05) is 61.1 Å². The molecule has 0 saturated carbocycles. The lowest BCUT2D eigenvalue weighted by Crippen LogP contribution is -2.41. The number of nitrogens with zero attached hydrogens (tertiary/aromatic N) is 6. The van der Waals surface area contributed by atoms with E-state index in [4.69, 9.17) is 14.7 Å². The summed E-state index contributed by atoms with van der Waals surface area (Å²) in [7, 11) is 0. The smallest absolute Gasteiger partial charge is 0.319 e. The first-order valence-corrected chi connectivity index (χ1v) is 13.1. The molecule has 5 rings (SSSR count). The summed E-state index contributed by atoms with van der Waals surface area (Å²) in [5.74, 6) is 2.37. The Kier molecular flexibility index (Phi) is 7.94. The molecule has 38 heavy (non-hydrogen) atoms. The Balaban J connectivity index is 1.56. The van der Waals surface area contributed by atoms with Crippen LogP contribution < -0.4 is 20.4 Å². The first-order valence-electron chi connectivity index (χ1n) is 13.1. The van der Waals surface area contributed by atoms with Crippen molar-refractivity contribution in [1.29, 1.82) is 0 Å². The SMILES string of the molecule is CCNC(=O)Nc1ccc(-c2nc3c(c(N4CCOCC4)n2)CCN(c2cc(C)ncn2)C3CCO)cc1. The molecule has 1 fully saturated rings. The van der Waals surface area contributed by atoms with Crippen LogP contribution in [-0.4, -0.2) is 77.1 Å². The van der Waals surface area contributed by atoms with Crippen LogP contribution in [0.15, 0.2) is 36.7 Å². The molecular weight excluding hydrogens is 484 g/mol. The van der Waals surface area contributed by atoms with Crippen LogP contribution in [0.4, 0.5) is 22.1 Å². The van der Waals surface area contributed by atoms with Crippen molar-refractivity contribution in [3.8, 4) is 11.4 Å². The predicted molar refractivity (Wildman–Crippen MR) is 145 cm³/mol. The monoisotopic (exact) mass is 518 g/mol. The van der Waals surface area contributed by atoms with Gasteiger partial charge >= 0.3 is 6.03 Å². The van der Waals surface area contributed by atoms with E-state index in [0.29, 0.717) is 37.7 Å². The Hall–Kier alpha value is -3.83. The molecule has 2 aliphatic heterocycles. The van der Waals surface area contributed by atoms with Crippen LogP contribution in [0.25, 0.3) is 11.4 Å². The van der Waals surface area contributed by atoms with E-state index in [1.165, 1.54) is 0 Å². The molecule has 1 atom stereocenters. The van der Waals surface area contributed by atoms with Crippen molar-refractivity contribution < 1.29 is 14.6 Å². The average molecular weight is 519 g/mol. The van der Waals surface area contributed by atoms with Gasteiger partial charge in [-0.05, 0) is 51.0 Å². The van der Waals surface area contributed by atoms with Gasteiger partial charge in [0.1, 0.15) is 18.0 Å². The highest BCUT2D eigenvalue weighted by Gasteiger charge is 2.34. The van der Waals surface area contributed by atoms with Crippen LogP contribution in [0.1, 0.15) is 36.3 Å². The van der Waals surface area contributed by atoms with Gasteiger partial charge in [-0.2, -0.15) is 0 Å². The molecule has 1 saturated heterocycles. The molecule has 3 N–H and O–H groups in total. The minimum Gasteiger partial charge on any atom is -0.396 e. The van der Waals surface area contributed by atoms with Crippen LogP contribution in [-0.2, 0) is 11.2 Å². The van der Waals surface area contributed by atoms with Crippen molar-refractivity contribution >= 4 is 23.4 Å². The third-order valence-corrected chi connectivity index (χ3v) is 6.85. The molecule has 11 nitrogen and oxygen atoms in total. The number of carbonyl (C=O) groups is 1. The molecule has 0 aliphatic carbocycles. The molecule has 4 heterocycles. The Morgan fingerprint density at radius 3 is 2.63 bits per heavy atom. The number of aliphatic hydroxyl groups excluding tert-OH is 1. The second kappa shape index (κ2) is 11.7. The maximum Gasteiger partial charge on any atom is 0.319 e. The number of hydrogen-bond acceptors (Lipinski definition) is 9. The molecule has 2 aromatic heterocycles. The van der Waals surface area contributed by atoms with Gasteiger partial charge in [0.2, 0.25) is 0 Å². The quantitative estimate of drug-likeness (QED) is 0.432. The highest BCUT2D eigenvalue weighted by atomic mass is 16.5. The minimum atomic E-state index is -0.244. The largest absolute Gasteiger partial charge is 0.396 e. The van der Waals surface area contributed by atoms with Crippen LogP contribution in [0, 0.1) is 6.92 Å². The van der Waals surface area contributed by atoms with Gasteiger partial charge in [-0.15, -0.1) is 0 Å². The van der Waals surface area contributed by atoms with Gasteiger partial charge in [-0.3, -0.25) is 0 Å². The first-order chi connectivity index (χ1) is 18.6. The highest BCUT2D eigenvalue weighted by Crippen LogP contribution is 2.39. The highest BCUT2D eigenvalue weighted by molar-refractivity contribution is 5.89. The summed E-state index contributed by atoms with van der Waals surface area (Å²) in [5.41, 5.74) is 4.46. The van der Waals surface area contributed by atoms with Crippen LogP contribution in [0.3, 0.4) is 0 Å². The Labute approximate surface area is 222 Å². The van der Waals surface area contributed by atoms with Crippen LogP contribution >= 0.6 is 0 Å². The number of anilines is 3. The van der Waals surface area contributed by atoms with Crippen molar-refractivity contribution in [2.45, 2.75) is 32.7 Å². The van der Waals surface area contributed by atoms with Crippen molar-refractivity contribution in [3.63, 3.8) is 0 Å². The fraction of sp³-hybridized carbons (Fsp3) is 0.444. The normalized spacial score (nSPS) is 17.2. The van der Waals surface area contributed by atoms with E-state index in [-0.39, 0.29) is 18.7 Å². The number of aliphatic hydroxyl groups is 1. The zero-order valence-corrected chi connectivity index (χ0v) is 21.9. The number of ether oxygens (including phenoxy) is 1. The van der Waals surface area contributed by atoms with Crippen molar-refractivity contribution in [2.24, 2.45) is 0 Å². The van der Waals surface area contributed by atoms with Gasteiger partial charge in [0.15, 0.2) is 5.82 Å². The van der Waals surface area contributed by atoms with E-state index >= 15 is 0 Å². The third kappa shape index (κ3) is 5.53. The van der Waals surface area contributed by atoms with E-state index in [2.05, 4.69) is 30.4 Å². The molecule has 2 aliphatic rings. The van der Waals surface area contributed by atoms with Gasteiger partial charge < -0.3 is 30.3 Å². The van der Waals surface area contributed by atoms with E-state index < -0.39 is 0 Å². The second-order valence-corrected chi connectivity index (χ2v) is 9.38. The maximum absolute atomic E-state index is 11.9. The van der Waals surface area contributed by atoms with Gasteiger partial charge in [-0.25, -0.2) is 24.7 Å². The van der Waals surface area contributed by atoms with Gasteiger partial charge in [0.05, 0.1) is 24.9 Å². The van der Waals surface area contributed by atoms with E-state index in [0.717, 1.165) is 60.2 Å². The summed E-state index contributed by atoms with van der Waals surface area (Å²) < 4.78 is 5.61. The number of fused-ring (bicyclic) bond motifs is 1. The Bertz CT molecular complexity index is 1260. The third-order valence-electron chi connectivity index (χ3n) is 6.85. The lowest BCUT2D eigenvalue weighted by Gasteiger charge is -2.39. The number of morpholine rings is 1. The zero-order valence-electron chi connectivity index (χ0n) is 21.9. The molecule has 3 aromatic rings. The summed E-state index contributed by atoms with van der Waals surface area (Å²) in [5, 5.41) is 15.6. The van der Waals surface area contributed by atoms with Crippen molar-refractivity contribution in [3.05, 3.63) is 53.6 Å². The minimum absolute atomic E-state index is 0.0249. The summed E-state index contributed by atoms with van der Waals surface area (Å²) >= 11 is 0. The molecule has 0 spiro atoms. The lowest BCUT2D eigenvalue weighted by atomic mass is 9.94. The molecule has 11 heteroatoms. The van der Waals surface area contributed by atoms with Crippen molar-refractivity contribution in [1.82, 2.24) is 25.3 Å². The predicted octanol–water partition coefficient (Wildman–Crippen LogP) is 2.71. The number of aryl methyl sites for hydroxylation is 1. The summed E-state index contributed by atoms with van der Waals surface area (Å²) in [6, 6.07) is 9.11. The number of carbonyl (C=O) groups excluding carboxylic acids is 1. The lowest BCUT2D eigenvalue weighted by molar-refractivity contribution is 0.122. The number of nitrogens with one attached hydrogen (secondary N) is 2. The molecule has 200 valence electrons. The molecule has 1 aromatic carbocycles. The summed E-state index contributed by atoms with van der Waals surface area (Å²) in [6.07, 6.45) is 2.87. The summed E-state index contributed by atoms with van der Waals surface area (Å²) in [6.45, 7) is 7.98. The van der Waals surface area contributed by atoms with E-state index in [1.807, 2.05) is 44.2 Å². The fourth-order valence-corrected chi connectivity index (χ4v) is 5.03. The number of urea groups is 1. The Morgan fingerprint density at radius 1 is 1.13 bits per heavy atom. The van der Waals surface area contributed by atoms with E-state index in [1.54, 1.807) is 6.33 Å². The molecule has 2 amide bonds. The first kappa shape index (κ1) is 25.8. The maximum atomic E-state index is 11.9. The summed E-state index contributed by atoms with van der Waals surface area (Å²) in [4.78, 5) is 35.3. The second-order valence-electron chi connectivity index (χ2n) is 9.38. The number of hydrogen-bond donors (Lipinski definition) is 3. The number of aromatic nitrogens is 4. The average Bonchev–Trinajstić information content (AvgIpc) is 2.94. The number of rotatable bonds is 7. The molecule has 0 radical (unpaired) electrons. The zero-order chi connectivity index (χ0) is 26.5. The van der Waals surface area contributed by atoms with Gasteiger partial charge in [0.25, 0.3) is 0 Å². The number of benzene rings is 1. The van der Waals surface area contributed by atoms with Gasteiger partial charge in [-0.1, -0.05) is 0 Å². The molecule has 1 unspecified atom stereocenters. The van der Waals surface area contributed by atoms with Gasteiger partial charge in [0, 0.05) is 61.4 Å². The topological polar surface area (TPSA) is 129 Å². The standard InChI is InChI=1S/C27H34N8O3/c1-3-28-27(37)31-20-6-4-19(5-7-20)25-32-24-21(26(33-25)34-11-14-38-15-12-34)8-10-35(22(24)9-13-36)23-16-18(2)29-17-30-23/h4-7,16-17,22,36H,3,8-15H2,1-2H3,(H2,28,31,37). The number of amides is 2. The van der Waals surface area contributed by atoms with Crippen LogP contribution in [0.2, 0.25) is 0 Å². The van der Waals surface area contributed by atoms with Crippen LogP contribution in [0.5, 0.6) is 0 Å². The Morgan fingerprint density at radius 2 is 1.92 bits per heavy atom.